The number of hydrogen-bond acceptors (Lipinski definition) is 4. The van der Waals surface area contributed by atoms with Crippen molar-refractivity contribution in [2.24, 2.45) is 0 Å². The number of hydrogen-bond donors (Lipinski definition) is 2. The van der Waals surface area contributed by atoms with Crippen LogP contribution in [0.1, 0.15) is 58.6 Å². The van der Waals surface area contributed by atoms with Crippen LogP contribution < -0.4 is 10.6 Å². The van der Waals surface area contributed by atoms with E-state index in [2.05, 4.69) is 39.7 Å². The Labute approximate surface area is 149 Å². The van der Waals surface area contributed by atoms with E-state index in [0.717, 1.165) is 35.3 Å². The second-order valence-corrected chi connectivity index (χ2v) is 7.07. The van der Waals surface area contributed by atoms with E-state index in [0.29, 0.717) is 17.7 Å². The lowest BCUT2D eigenvalue weighted by Gasteiger charge is -2.15. The molecule has 5 nitrogen and oxygen atoms in total. The maximum Gasteiger partial charge on any atom is 0.274 e. The lowest BCUT2D eigenvalue weighted by atomic mass is 10.0. The zero-order valence-corrected chi connectivity index (χ0v) is 15.4. The highest BCUT2D eigenvalue weighted by molar-refractivity contribution is 6.04. The minimum absolute atomic E-state index is 0.199. The van der Waals surface area contributed by atoms with Crippen LogP contribution in [-0.4, -0.2) is 21.9 Å². The van der Waals surface area contributed by atoms with Crippen LogP contribution in [0.25, 0.3) is 0 Å². The average molecular weight is 338 g/mol. The molecule has 0 aliphatic heterocycles. The first-order valence-electron chi connectivity index (χ1n) is 8.94. The summed E-state index contributed by atoms with van der Waals surface area (Å²) in [5.41, 5.74) is 5.35. The molecule has 0 spiro atoms. The van der Waals surface area contributed by atoms with E-state index in [1.54, 1.807) is 6.07 Å². The third-order valence-corrected chi connectivity index (χ3v) is 4.69. The van der Waals surface area contributed by atoms with Gasteiger partial charge in [0.25, 0.3) is 5.91 Å². The quantitative estimate of drug-likeness (QED) is 0.871. The number of nitrogens with zero attached hydrogens (tertiary/aromatic N) is 2. The fraction of sp³-hybridized carbons (Fsp3) is 0.450. The molecule has 2 N–H and O–H groups in total. The summed E-state index contributed by atoms with van der Waals surface area (Å²) in [6, 6.07) is 6.29. The van der Waals surface area contributed by atoms with Crippen molar-refractivity contribution in [1.29, 1.82) is 0 Å². The molecular weight excluding hydrogens is 312 g/mol. The highest BCUT2D eigenvalue weighted by atomic mass is 16.1. The summed E-state index contributed by atoms with van der Waals surface area (Å²) >= 11 is 0. The van der Waals surface area contributed by atoms with Gasteiger partial charge in [-0.1, -0.05) is 30.5 Å². The molecule has 5 heteroatoms. The fourth-order valence-electron chi connectivity index (χ4n) is 3.56. The van der Waals surface area contributed by atoms with Crippen molar-refractivity contribution in [3.8, 4) is 0 Å². The van der Waals surface area contributed by atoms with Crippen LogP contribution >= 0.6 is 0 Å². The molecule has 1 aliphatic rings. The molecule has 1 heterocycles. The van der Waals surface area contributed by atoms with E-state index in [-0.39, 0.29) is 5.91 Å². The monoisotopic (exact) mass is 338 g/mol. The van der Waals surface area contributed by atoms with Crippen molar-refractivity contribution < 1.29 is 4.79 Å². The van der Waals surface area contributed by atoms with E-state index in [4.69, 9.17) is 0 Å². The van der Waals surface area contributed by atoms with Gasteiger partial charge in [-0.25, -0.2) is 9.97 Å². The maximum atomic E-state index is 12.7. The molecule has 3 rings (SSSR count). The van der Waals surface area contributed by atoms with E-state index in [1.165, 1.54) is 18.4 Å². The Balaban J connectivity index is 1.81. The van der Waals surface area contributed by atoms with Gasteiger partial charge in [0.2, 0.25) is 5.95 Å². The van der Waals surface area contributed by atoms with Crippen molar-refractivity contribution in [3.63, 3.8) is 0 Å². The number of benzene rings is 1. The first kappa shape index (κ1) is 17.4. The molecular formula is C20H26N4O. The molecule has 1 fully saturated rings. The highest BCUT2D eigenvalue weighted by Crippen LogP contribution is 2.23. The number of rotatable bonds is 4. The van der Waals surface area contributed by atoms with Crippen LogP contribution in [0.5, 0.6) is 0 Å². The van der Waals surface area contributed by atoms with E-state index in [1.807, 2.05) is 20.8 Å². The van der Waals surface area contributed by atoms with Gasteiger partial charge < -0.3 is 10.6 Å². The van der Waals surface area contributed by atoms with Crippen LogP contribution in [-0.2, 0) is 0 Å². The van der Waals surface area contributed by atoms with Crippen LogP contribution in [0.15, 0.2) is 18.2 Å². The third kappa shape index (κ3) is 4.16. The van der Waals surface area contributed by atoms with Gasteiger partial charge in [0.15, 0.2) is 0 Å². The molecule has 0 saturated heterocycles. The SMILES string of the molecule is Cc1cc(C)c(NC(=O)c2cc(C)nc(NC3CCCC3)n2)c(C)c1. The molecule has 0 radical (unpaired) electrons. The van der Waals surface area contributed by atoms with Gasteiger partial charge in [-0.3, -0.25) is 4.79 Å². The normalized spacial score (nSPS) is 14.6. The Morgan fingerprint density at radius 3 is 2.28 bits per heavy atom. The lowest BCUT2D eigenvalue weighted by Crippen LogP contribution is -2.20. The zero-order valence-electron chi connectivity index (χ0n) is 15.4. The first-order valence-corrected chi connectivity index (χ1v) is 8.94. The fourth-order valence-corrected chi connectivity index (χ4v) is 3.56. The molecule has 2 aromatic rings. The molecule has 0 atom stereocenters. The van der Waals surface area contributed by atoms with Crippen LogP contribution in [0.3, 0.4) is 0 Å². The van der Waals surface area contributed by atoms with Crippen LogP contribution in [0.2, 0.25) is 0 Å². The van der Waals surface area contributed by atoms with Crippen LogP contribution in [0.4, 0.5) is 11.6 Å². The molecule has 1 aromatic carbocycles. The predicted octanol–water partition coefficient (Wildman–Crippen LogP) is 4.32. The number of anilines is 2. The molecule has 25 heavy (non-hydrogen) atoms. The summed E-state index contributed by atoms with van der Waals surface area (Å²) in [6.07, 6.45) is 4.76. The van der Waals surface area contributed by atoms with Gasteiger partial charge >= 0.3 is 0 Å². The Morgan fingerprint density at radius 1 is 1.00 bits per heavy atom. The van der Waals surface area contributed by atoms with E-state index >= 15 is 0 Å². The predicted molar refractivity (Wildman–Crippen MR) is 101 cm³/mol. The standard InChI is InChI=1S/C20H26N4O/c1-12-9-13(2)18(14(3)10-12)24-19(25)17-11-15(4)21-20(23-17)22-16-7-5-6-8-16/h9-11,16H,5-8H2,1-4H3,(H,24,25)(H,21,22,23). The first-order chi connectivity index (χ1) is 11.9. The summed E-state index contributed by atoms with van der Waals surface area (Å²) in [4.78, 5) is 21.6. The van der Waals surface area contributed by atoms with Gasteiger partial charge in [0.05, 0.1) is 0 Å². The molecule has 1 saturated carbocycles. The smallest absolute Gasteiger partial charge is 0.274 e. The number of aryl methyl sites for hydroxylation is 4. The maximum absolute atomic E-state index is 12.7. The average Bonchev–Trinajstić information content (AvgIpc) is 3.03. The highest BCUT2D eigenvalue weighted by Gasteiger charge is 2.18. The Bertz CT molecular complexity index is 771. The van der Waals surface area contributed by atoms with Gasteiger partial charge in [-0.05, 0) is 57.7 Å². The lowest BCUT2D eigenvalue weighted by molar-refractivity contribution is 0.102. The topological polar surface area (TPSA) is 66.9 Å². The van der Waals surface area contributed by atoms with Gasteiger partial charge in [-0.2, -0.15) is 0 Å². The van der Waals surface area contributed by atoms with Crippen LogP contribution in [0, 0.1) is 27.7 Å². The van der Waals surface area contributed by atoms with Gasteiger partial charge in [0, 0.05) is 17.4 Å². The molecule has 1 aromatic heterocycles. The summed E-state index contributed by atoms with van der Waals surface area (Å²) in [6.45, 7) is 7.96. The second kappa shape index (κ2) is 7.21. The molecule has 0 bridgehead atoms. The van der Waals surface area contributed by atoms with E-state index < -0.39 is 0 Å². The Hall–Kier alpha value is -2.43. The number of nitrogens with one attached hydrogen (secondary N) is 2. The summed E-state index contributed by atoms with van der Waals surface area (Å²) in [7, 11) is 0. The second-order valence-electron chi connectivity index (χ2n) is 7.07. The number of carbonyl (C=O) groups excluding carboxylic acids is 1. The van der Waals surface area contributed by atoms with Crippen molar-refractivity contribution in [3.05, 3.63) is 46.3 Å². The summed E-state index contributed by atoms with van der Waals surface area (Å²) < 4.78 is 0. The van der Waals surface area contributed by atoms with Gasteiger partial charge in [0.1, 0.15) is 5.69 Å². The molecule has 1 aliphatic carbocycles. The van der Waals surface area contributed by atoms with Gasteiger partial charge in [-0.15, -0.1) is 0 Å². The summed E-state index contributed by atoms with van der Waals surface area (Å²) in [5, 5.41) is 6.38. The van der Waals surface area contributed by atoms with Crippen molar-refractivity contribution in [2.45, 2.75) is 59.4 Å². The number of aromatic nitrogens is 2. The molecule has 0 unspecified atom stereocenters. The number of carbonyl (C=O) groups is 1. The van der Waals surface area contributed by atoms with Crippen molar-refractivity contribution in [1.82, 2.24) is 9.97 Å². The Morgan fingerprint density at radius 2 is 1.64 bits per heavy atom. The molecule has 132 valence electrons. The minimum Gasteiger partial charge on any atom is -0.351 e. The largest absolute Gasteiger partial charge is 0.351 e. The number of amides is 1. The van der Waals surface area contributed by atoms with E-state index in [9.17, 15) is 4.79 Å². The van der Waals surface area contributed by atoms with Crippen molar-refractivity contribution in [2.75, 3.05) is 10.6 Å². The zero-order chi connectivity index (χ0) is 18.0. The molecule has 1 amide bonds. The van der Waals surface area contributed by atoms with Crippen molar-refractivity contribution >= 4 is 17.5 Å². The Kier molecular flexibility index (Phi) is 5.02. The summed E-state index contributed by atoms with van der Waals surface area (Å²) in [5.74, 6) is 0.351. The third-order valence-electron chi connectivity index (χ3n) is 4.69. The minimum atomic E-state index is -0.199.